The van der Waals surface area contributed by atoms with Crippen LogP contribution >= 0.6 is 0 Å². The second-order valence-corrected chi connectivity index (χ2v) is 3.45. The molecule has 0 N–H and O–H groups in total. The molecule has 0 saturated carbocycles. The summed E-state index contributed by atoms with van der Waals surface area (Å²) >= 11 is 0. The molecule has 1 radical (unpaired) electrons. The van der Waals surface area contributed by atoms with E-state index in [9.17, 15) is 0 Å². The van der Waals surface area contributed by atoms with E-state index in [-0.39, 0.29) is 0 Å². The lowest BCUT2D eigenvalue weighted by molar-refractivity contribution is 0.607. The summed E-state index contributed by atoms with van der Waals surface area (Å²) in [4.78, 5) is 0. The van der Waals surface area contributed by atoms with Crippen LogP contribution < -0.4 is 0 Å². The van der Waals surface area contributed by atoms with Gasteiger partial charge in [-0.05, 0) is 11.6 Å². The Morgan fingerprint density at radius 3 is 2.60 bits per heavy atom. The average molecular weight is 193 g/mol. The van der Waals surface area contributed by atoms with Gasteiger partial charge in [0.2, 0.25) is 0 Å². The first-order valence-corrected chi connectivity index (χ1v) is 4.89. The van der Waals surface area contributed by atoms with Gasteiger partial charge < -0.3 is 4.42 Å². The maximum Gasteiger partial charge on any atom is 0.170 e. The van der Waals surface area contributed by atoms with Gasteiger partial charge in [0.1, 0.15) is 5.58 Å². The highest BCUT2D eigenvalue weighted by Crippen LogP contribution is 2.28. The van der Waals surface area contributed by atoms with Crippen LogP contribution in [0, 0.1) is 6.26 Å². The fraction of sp³-hybridized carbons (Fsp3) is 0. The Labute approximate surface area is 88.0 Å². The van der Waals surface area contributed by atoms with Crippen molar-refractivity contribution in [2.24, 2.45) is 0 Å². The van der Waals surface area contributed by atoms with Crippen molar-refractivity contribution in [2.45, 2.75) is 0 Å². The highest BCUT2D eigenvalue weighted by Gasteiger charge is 2.05. The molecule has 0 fully saturated rings. The van der Waals surface area contributed by atoms with Gasteiger partial charge in [-0.2, -0.15) is 0 Å². The van der Waals surface area contributed by atoms with Gasteiger partial charge in [0, 0.05) is 10.9 Å². The molecule has 1 heteroatoms. The highest BCUT2D eigenvalue weighted by atomic mass is 16.3. The smallest absolute Gasteiger partial charge is 0.170 e. The number of para-hydroxylation sites is 1. The molecule has 0 atom stereocenters. The summed E-state index contributed by atoms with van der Waals surface area (Å²) in [7, 11) is 0. The van der Waals surface area contributed by atoms with Crippen molar-refractivity contribution in [3.63, 3.8) is 0 Å². The van der Waals surface area contributed by atoms with Crippen LogP contribution in [0.15, 0.2) is 59.0 Å². The molecule has 3 aromatic rings. The van der Waals surface area contributed by atoms with E-state index >= 15 is 0 Å². The molecule has 0 aliphatic rings. The summed E-state index contributed by atoms with van der Waals surface area (Å²) in [5, 5.41) is 1.09. The maximum atomic E-state index is 5.38. The van der Waals surface area contributed by atoms with E-state index in [1.165, 1.54) is 5.56 Å². The average Bonchev–Trinajstić information content (AvgIpc) is 2.78. The summed E-state index contributed by atoms with van der Waals surface area (Å²) in [5.74, 6) is 0. The first kappa shape index (κ1) is 8.30. The SMILES string of the molecule is [c]1cc2cccc(-c3ccccc3)c2o1. The molecule has 1 nitrogen and oxygen atoms in total. The predicted molar refractivity (Wildman–Crippen MR) is 60.5 cm³/mol. The highest BCUT2D eigenvalue weighted by molar-refractivity contribution is 5.92. The van der Waals surface area contributed by atoms with E-state index in [0.717, 1.165) is 16.5 Å². The molecule has 0 unspecified atom stereocenters. The van der Waals surface area contributed by atoms with Crippen molar-refractivity contribution in [3.05, 3.63) is 60.9 Å². The second kappa shape index (κ2) is 3.28. The Hall–Kier alpha value is -2.02. The van der Waals surface area contributed by atoms with E-state index in [4.69, 9.17) is 4.42 Å². The molecule has 0 bridgehead atoms. The van der Waals surface area contributed by atoms with E-state index in [1.807, 2.05) is 36.4 Å². The van der Waals surface area contributed by atoms with Crippen molar-refractivity contribution >= 4 is 11.0 Å². The summed E-state index contributed by atoms with van der Waals surface area (Å²) in [6, 6.07) is 18.2. The van der Waals surface area contributed by atoms with Gasteiger partial charge in [-0.1, -0.05) is 48.5 Å². The Bertz CT molecular complexity index is 578. The minimum Gasteiger partial charge on any atom is -0.452 e. The molecule has 71 valence electrons. The van der Waals surface area contributed by atoms with Gasteiger partial charge in [-0.3, -0.25) is 0 Å². The van der Waals surface area contributed by atoms with Crippen molar-refractivity contribution in [1.82, 2.24) is 0 Å². The normalized spacial score (nSPS) is 10.7. The van der Waals surface area contributed by atoms with Crippen molar-refractivity contribution in [2.75, 3.05) is 0 Å². The molecule has 0 saturated heterocycles. The minimum absolute atomic E-state index is 0.906. The zero-order valence-corrected chi connectivity index (χ0v) is 8.10. The van der Waals surface area contributed by atoms with Gasteiger partial charge in [0.15, 0.2) is 6.26 Å². The molecule has 2 aromatic carbocycles. The third-order valence-corrected chi connectivity index (χ3v) is 2.51. The number of hydrogen-bond acceptors (Lipinski definition) is 1. The number of furan rings is 1. The third-order valence-electron chi connectivity index (χ3n) is 2.51. The lowest BCUT2D eigenvalue weighted by atomic mass is 10.0. The number of hydrogen-bond donors (Lipinski definition) is 0. The lowest BCUT2D eigenvalue weighted by Gasteiger charge is -2.01. The Kier molecular flexibility index (Phi) is 1.82. The summed E-state index contributed by atoms with van der Waals surface area (Å²) in [6.45, 7) is 0. The van der Waals surface area contributed by atoms with Gasteiger partial charge in [-0.25, -0.2) is 0 Å². The quantitative estimate of drug-likeness (QED) is 0.571. The van der Waals surface area contributed by atoms with Crippen LogP contribution in [0.4, 0.5) is 0 Å². The van der Waals surface area contributed by atoms with Crippen LogP contribution in [0.1, 0.15) is 0 Å². The number of benzene rings is 2. The number of rotatable bonds is 1. The summed E-state index contributed by atoms with van der Waals surface area (Å²) < 4.78 is 5.38. The van der Waals surface area contributed by atoms with Crippen LogP contribution in [-0.4, -0.2) is 0 Å². The van der Waals surface area contributed by atoms with E-state index in [1.54, 1.807) is 0 Å². The monoisotopic (exact) mass is 193 g/mol. The van der Waals surface area contributed by atoms with Gasteiger partial charge in [0.25, 0.3) is 0 Å². The van der Waals surface area contributed by atoms with Crippen LogP contribution in [-0.2, 0) is 0 Å². The molecule has 3 rings (SSSR count). The van der Waals surface area contributed by atoms with Crippen molar-refractivity contribution < 1.29 is 4.42 Å². The topological polar surface area (TPSA) is 13.1 Å². The largest absolute Gasteiger partial charge is 0.452 e. The molecule has 15 heavy (non-hydrogen) atoms. The zero-order chi connectivity index (χ0) is 10.1. The molecule has 1 aromatic heterocycles. The van der Waals surface area contributed by atoms with Gasteiger partial charge in [-0.15, -0.1) is 0 Å². The standard InChI is InChI=1S/C14H9O/c1-2-5-11(6-3-1)13-8-4-7-12-9-10-15-14(12)13/h1-9H. The second-order valence-electron chi connectivity index (χ2n) is 3.45. The van der Waals surface area contributed by atoms with Crippen LogP contribution in [0.5, 0.6) is 0 Å². The molecular weight excluding hydrogens is 184 g/mol. The fourth-order valence-electron chi connectivity index (χ4n) is 1.78. The fourth-order valence-corrected chi connectivity index (χ4v) is 1.78. The molecule has 0 aliphatic carbocycles. The molecule has 0 aliphatic heterocycles. The summed E-state index contributed by atoms with van der Waals surface area (Å²) in [5.41, 5.74) is 3.20. The molecular formula is C14H9O. The van der Waals surface area contributed by atoms with E-state index in [0.29, 0.717) is 0 Å². The molecule has 0 spiro atoms. The molecule has 1 heterocycles. The zero-order valence-electron chi connectivity index (χ0n) is 8.10. The van der Waals surface area contributed by atoms with Gasteiger partial charge >= 0.3 is 0 Å². The Morgan fingerprint density at radius 1 is 0.867 bits per heavy atom. The Balaban J connectivity index is 2.31. The predicted octanol–water partition coefficient (Wildman–Crippen LogP) is 3.90. The van der Waals surface area contributed by atoms with Crippen molar-refractivity contribution in [3.8, 4) is 11.1 Å². The molecule has 0 amide bonds. The minimum atomic E-state index is 0.906. The number of fused-ring (bicyclic) bond motifs is 1. The first-order valence-electron chi connectivity index (χ1n) is 4.89. The van der Waals surface area contributed by atoms with Gasteiger partial charge in [0.05, 0.1) is 0 Å². The maximum absolute atomic E-state index is 5.38. The van der Waals surface area contributed by atoms with Crippen LogP contribution in [0.2, 0.25) is 0 Å². The first-order chi connectivity index (χ1) is 7.45. The lowest BCUT2D eigenvalue weighted by Crippen LogP contribution is -1.76. The Morgan fingerprint density at radius 2 is 1.73 bits per heavy atom. The van der Waals surface area contributed by atoms with E-state index in [2.05, 4.69) is 24.5 Å². The van der Waals surface area contributed by atoms with E-state index < -0.39 is 0 Å². The third kappa shape index (κ3) is 1.33. The van der Waals surface area contributed by atoms with Crippen molar-refractivity contribution in [1.29, 1.82) is 0 Å². The summed E-state index contributed by atoms with van der Waals surface area (Å²) in [6.07, 6.45) is 2.77. The van der Waals surface area contributed by atoms with Crippen LogP contribution in [0.3, 0.4) is 0 Å². The van der Waals surface area contributed by atoms with Crippen LogP contribution in [0.25, 0.3) is 22.1 Å².